The highest BCUT2D eigenvalue weighted by Gasteiger charge is 2.44. The van der Waals surface area contributed by atoms with Gasteiger partial charge in [0.05, 0.1) is 17.0 Å². The maximum Gasteiger partial charge on any atom is 0.319 e. The first-order valence-electron chi connectivity index (χ1n) is 9.20. The van der Waals surface area contributed by atoms with Crippen LogP contribution in [0, 0.1) is 6.92 Å². The fourth-order valence-corrected chi connectivity index (χ4v) is 5.24. The van der Waals surface area contributed by atoms with Gasteiger partial charge in [-0.3, -0.25) is 0 Å². The molecule has 5 heteroatoms. The van der Waals surface area contributed by atoms with Crippen molar-refractivity contribution in [2.45, 2.75) is 57.3 Å². The van der Waals surface area contributed by atoms with Crippen molar-refractivity contribution in [3.63, 3.8) is 0 Å². The molecular formula is C20H26N3OS+. The number of hydrogen-bond donors (Lipinski definition) is 3. The van der Waals surface area contributed by atoms with Crippen molar-refractivity contribution in [1.29, 1.82) is 0 Å². The first kappa shape index (κ1) is 16.6. The molecule has 2 aliphatic heterocycles. The molecule has 4 rings (SSSR count). The van der Waals surface area contributed by atoms with Crippen LogP contribution in [-0.4, -0.2) is 24.2 Å². The summed E-state index contributed by atoms with van der Waals surface area (Å²) in [7, 11) is 0. The quantitative estimate of drug-likeness (QED) is 0.775. The minimum Gasteiger partial charge on any atom is -0.335 e. The van der Waals surface area contributed by atoms with E-state index in [9.17, 15) is 4.79 Å². The van der Waals surface area contributed by atoms with Crippen molar-refractivity contribution < 1.29 is 9.69 Å². The maximum absolute atomic E-state index is 12.4. The zero-order valence-corrected chi connectivity index (χ0v) is 15.4. The van der Waals surface area contributed by atoms with E-state index in [1.54, 1.807) is 4.90 Å². The largest absolute Gasteiger partial charge is 0.335 e. The molecular weight excluding hydrogens is 330 g/mol. The van der Waals surface area contributed by atoms with Crippen molar-refractivity contribution >= 4 is 23.1 Å². The summed E-state index contributed by atoms with van der Waals surface area (Å²) in [4.78, 5) is 15.6. The van der Waals surface area contributed by atoms with E-state index in [4.69, 9.17) is 0 Å². The van der Waals surface area contributed by atoms with Crippen LogP contribution in [0.25, 0.3) is 0 Å². The maximum atomic E-state index is 12.4. The van der Waals surface area contributed by atoms with E-state index in [2.05, 4.69) is 28.1 Å². The number of rotatable bonds is 4. The third-order valence-electron chi connectivity index (χ3n) is 5.74. The lowest BCUT2D eigenvalue weighted by atomic mass is 9.97. The predicted octanol–water partition coefficient (Wildman–Crippen LogP) is 2.96. The second-order valence-corrected chi connectivity index (χ2v) is 8.42. The summed E-state index contributed by atoms with van der Waals surface area (Å²) in [6, 6.07) is 13.9. The Hall–Kier alpha value is -1.85. The van der Waals surface area contributed by atoms with Gasteiger partial charge in [-0.15, -0.1) is 11.3 Å². The summed E-state index contributed by atoms with van der Waals surface area (Å²) in [6.45, 7) is 3.16. The minimum atomic E-state index is -0.0691. The van der Waals surface area contributed by atoms with E-state index in [0.29, 0.717) is 18.1 Å². The Morgan fingerprint density at radius 3 is 2.60 bits per heavy atom. The lowest BCUT2D eigenvalue weighted by Crippen LogP contribution is -3.17. The summed E-state index contributed by atoms with van der Waals surface area (Å²) in [5.41, 5.74) is 1.98. The number of fused-ring (bicyclic) bond motifs is 2. The molecule has 2 aliphatic rings. The van der Waals surface area contributed by atoms with Crippen LogP contribution in [0.2, 0.25) is 0 Å². The normalized spacial score (nSPS) is 27.9. The zero-order valence-electron chi connectivity index (χ0n) is 14.6. The van der Waals surface area contributed by atoms with Crippen LogP contribution in [-0.2, 0) is 6.54 Å². The number of para-hydroxylation sites is 1. The smallest absolute Gasteiger partial charge is 0.319 e. The summed E-state index contributed by atoms with van der Waals surface area (Å²) in [5, 5.41) is 8.38. The highest BCUT2D eigenvalue weighted by atomic mass is 32.1. The first-order chi connectivity index (χ1) is 12.2. The van der Waals surface area contributed by atoms with Crippen LogP contribution in [0.1, 0.15) is 36.1 Å². The molecule has 1 aromatic heterocycles. The number of aryl methyl sites for hydroxylation is 1. The molecule has 132 valence electrons. The molecule has 2 aromatic rings. The van der Waals surface area contributed by atoms with Gasteiger partial charge in [0.1, 0.15) is 6.54 Å². The minimum absolute atomic E-state index is 0.0691. The van der Waals surface area contributed by atoms with E-state index >= 15 is 0 Å². The molecule has 2 saturated heterocycles. The number of carbonyl (C=O) groups is 1. The van der Waals surface area contributed by atoms with Gasteiger partial charge in [0.25, 0.3) is 0 Å². The Balaban J connectivity index is 1.33. The van der Waals surface area contributed by atoms with Gasteiger partial charge in [0.2, 0.25) is 0 Å². The molecule has 0 unspecified atom stereocenters. The average molecular weight is 357 g/mol. The Bertz CT molecular complexity index is 716. The average Bonchev–Trinajstić information content (AvgIpc) is 3.17. The molecule has 3 heterocycles. The Kier molecular flexibility index (Phi) is 4.77. The number of thiophene rings is 1. The van der Waals surface area contributed by atoms with Gasteiger partial charge >= 0.3 is 6.03 Å². The number of hydrogen-bond acceptors (Lipinski definition) is 2. The van der Waals surface area contributed by atoms with Crippen molar-refractivity contribution in [2.75, 3.05) is 5.32 Å². The van der Waals surface area contributed by atoms with Crippen LogP contribution < -0.4 is 15.5 Å². The number of piperidine rings is 1. The Morgan fingerprint density at radius 1 is 1.16 bits per heavy atom. The summed E-state index contributed by atoms with van der Waals surface area (Å²) in [5.74, 6) is 0. The number of anilines is 1. The Labute approximate surface area is 153 Å². The third kappa shape index (κ3) is 3.72. The lowest BCUT2D eigenvalue weighted by molar-refractivity contribution is -0.954. The van der Waals surface area contributed by atoms with Gasteiger partial charge in [0.15, 0.2) is 0 Å². The first-order valence-corrected chi connectivity index (χ1v) is 10.1. The second kappa shape index (κ2) is 7.18. The lowest BCUT2D eigenvalue weighted by Gasteiger charge is -2.36. The van der Waals surface area contributed by atoms with Crippen LogP contribution >= 0.6 is 11.3 Å². The fraction of sp³-hybridized carbons (Fsp3) is 0.450. The molecule has 4 nitrogen and oxygen atoms in total. The van der Waals surface area contributed by atoms with Crippen molar-refractivity contribution in [3.8, 4) is 0 Å². The van der Waals surface area contributed by atoms with Crippen molar-refractivity contribution in [1.82, 2.24) is 5.32 Å². The molecule has 0 saturated carbocycles. The van der Waals surface area contributed by atoms with E-state index in [1.165, 1.54) is 17.7 Å². The standard InChI is InChI=1S/C20H25N3OS/c1-14-5-2-3-7-19(14)22-20(24)21-15-11-16-8-9-17(12-15)23(16)13-18-6-4-10-25-18/h2-7,10,15-17H,8-9,11-13H2,1H3,(H2,21,22,24)/p+1/t16-,17-/m1/s1. The second-order valence-electron chi connectivity index (χ2n) is 7.38. The molecule has 0 spiro atoms. The van der Waals surface area contributed by atoms with Crippen LogP contribution in [0.3, 0.4) is 0 Å². The number of nitrogens with one attached hydrogen (secondary N) is 3. The van der Waals surface area contributed by atoms with Crippen LogP contribution in [0.15, 0.2) is 41.8 Å². The zero-order chi connectivity index (χ0) is 17.2. The third-order valence-corrected chi connectivity index (χ3v) is 6.61. The van der Waals surface area contributed by atoms with E-state index in [0.717, 1.165) is 30.6 Å². The Morgan fingerprint density at radius 2 is 1.92 bits per heavy atom. The molecule has 2 fully saturated rings. The van der Waals surface area contributed by atoms with Gasteiger partial charge in [0, 0.05) is 37.4 Å². The van der Waals surface area contributed by atoms with E-state index < -0.39 is 0 Å². The highest BCUT2D eigenvalue weighted by Crippen LogP contribution is 2.24. The SMILES string of the molecule is Cc1ccccc1NC(=O)NC1C[C@H]2CC[C@H](C1)[NH+]2Cc1cccs1. The predicted molar refractivity (Wildman–Crippen MR) is 102 cm³/mol. The van der Waals surface area contributed by atoms with E-state index in [1.807, 2.05) is 42.5 Å². The molecule has 2 amide bonds. The van der Waals surface area contributed by atoms with Gasteiger partial charge in [-0.2, -0.15) is 0 Å². The monoisotopic (exact) mass is 356 g/mol. The number of quaternary nitrogens is 1. The van der Waals surface area contributed by atoms with Crippen LogP contribution in [0.4, 0.5) is 10.5 Å². The van der Waals surface area contributed by atoms with Gasteiger partial charge in [-0.25, -0.2) is 4.79 Å². The van der Waals surface area contributed by atoms with Gasteiger partial charge in [-0.1, -0.05) is 24.3 Å². The number of carbonyl (C=O) groups excluding carboxylic acids is 1. The van der Waals surface area contributed by atoms with Crippen LogP contribution in [0.5, 0.6) is 0 Å². The molecule has 0 radical (unpaired) electrons. The van der Waals surface area contributed by atoms with Crippen molar-refractivity contribution in [2.24, 2.45) is 0 Å². The molecule has 25 heavy (non-hydrogen) atoms. The number of urea groups is 1. The molecule has 2 bridgehead atoms. The van der Waals surface area contributed by atoms with E-state index in [-0.39, 0.29) is 6.03 Å². The fourth-order valence-electron chi connectivity index (χ4n) is 4.51. The number of benzene rings is 1. The topological polar surface area (TPSA) is 45.6 Å². The number of amides is 2. The van der Waals surface area contributed by atoms with Gasteiger partial charge < -0.3 is 15.5 Å². The molecule has 1 aromatic carbocycles. The summed E-state index contributed by atoms with van der Waals surface area (Å²) in [6.07, 6.45) is 4.78. The summed E-state index contributed by atoms with van der Waals surface area (Å²) < 4.78 is 0. The van der Waals surface area contributed by atoms with Crippen molar-refractivity contribution in [3.05, 3.63) is 52.2 Å². The molecule has 2 atom stereocenters. The van der Waals surface area contributed by atoms with Gasteiger partial charge in [-0.05, 0) is 30.0 Å². The highest BCUT2D eigenvalue weighted by molar-refractivity contribution is 7.09. The molecule has 3 N–H and O–H groups in total. The summed E-state index contributed by atoms with van der Waals surface area (Å²) >= 11 is 1.86. The molecule has 0 aliphatic carbocycles.